The van der Waals surface area contributed by atoms with Crippen LogP contribution < -0.4 is 11.1 Å². The van der Waals surface area contributed by atoms with E-state index in [1.165, 1.54) is 6.07 Å². The minimum absolute atomic E-state index is 0.0984. The minimum atomic E-state index is -0.659. The van der Waals surface area contributed by atoms with E-state index in [-0.39, 0.29) is 5.69 Å². The Morgan fingerprint density at radius 1 is 1.24 bits per heavy atom. The lowest BCUT2D eigenvalue weighted by atomic mass is 10.0. The predicted octanol–water partition coefficient (Wildman–Crippen LogP) is 3.82. The molecule has 0 saturated carbocycles. The highest BCUT2D eigenvalue weighted by Crippen LogP contribution is 2.32. The Hall–Kier alpha value is -1.91. The second kappa shape index (κ2) is 6.70. The number of hydrogen-bond acceptors (Lipinski definition) is 2. The van der Waals surface area contributed by atoms with Crippen LogP contribution in [-0.4, -0.2) is 11.9 Å². The number of amides is 1. The molecule has 3 nitrogen and oxygen atoms in total. The summed E-state index contributed by atoms with van der Waals surface area (Å²) in [6, 6.07) is 11.1. The molecule has 0 bridgehead atoms. The molecule has 1 unspecified atom stereocenters. The van der Waals surface area contributed by atoms with Crippen molar-refractivity contribution in [2.75, 3.05) is 5.32 Å². The van der Waals surface area contributed by atoms with E-state index in [4.69, 9.17) is 17.3 Å². The fourth-order valence-corrected chi connectivity index (χ4v) is 2.16. The smallest absolute Gasteiger partial charge is 0.241 e. The van der Waals surface area contributed by atoms with Crippen LogP contribution in [0.1, 0.15) is 13.3 Å². The van der Waals surface area contributed by atoms with Gasteiger partial charge >= 0.3 is 0 Å². The molecule has 0 aliphatic carbocycles. The monoisotopic (exact) mass is 306 g/mol. The topological polar surface area (TPSA) is 55.1 Å². The summed E-state index contributed by atoms with van der Waals surface area (Å²) in [7, 11) is 0. The predicted molar refractivity (Wildman–Crippen MR) is 83.7 cm³/mol. The zero-order chi connectivity index (χ0) is 15.4. The van der Waals surface area contributed by atoms with Crippen LogP contribution in [0.2, 0.25) is 5.02 Å². The molecule has 5 heteroatoms. The van der Waals surface area contributed by atoms with Crippen molar-refractivity contribution in [1.29, 1.82) is 0 Å². The van der Waals surface area contributed by atoms with E-state index >= 15 is 0 Å². The van der Waals surface area contributed by atoms with Gasteiger partial charge < -0.3 is 11.1 Å². The van der Waals surface area contributed by atoms with Gasteiger partial charge in [0.25, 0.3) is 0 Å². The number of anilines is 1. The number of nitrogens with two attached hydrogens (primary N) is 1. The summed E-state index contributed by atoms with van der Waals surface area (Å²) in [5, 5.41) is 2.96. The van der Waals surface area contributed by atoms with E-state index in [0.29, 0.717) is 22.6 Å². The van der Waals surface area contributed by atoms with Crippen molar-refractivity contribution in [3.8, 4) is 11.1 Å². The van der Waals surface area contributed by atoms with Gasteiger partial charge in [-0.15, -0.1) is 0 Å². The molecule has 3 N–H and O–H groups in total. The molecule has 21 heavy (non-hydrogen) atoms. The SMILES string of the molecule is CCC(N)C(=O)Nc1cccc(-c2ccccc2Cl)c1F. The Labute approximate surface area is 127 Å². The molecule has 2 aromatic rings. The van der Waals surface area contributed by atoms with Crippen molar-refractivity contribution in [2.45, 2.75) is 19.4 Å². The summed E-state index contributed by atoms with van der Waals surface area (Å²) in [6.45, 7) is 1.79. The lowest BCUT2D eigenvalue weighted by Gasteiger charge is -2.13. The Bertz CT molecular complexity index is 660. The Balaban J connectivity index is 2.37. The van der Waals surface area contributed by atoms with E-state index in [0.717, 1.165) is 0 Å². The molecule has 2 rings (SSSR count). The maximum Gasteiger partial charge on any atom is 0.241 e. The highest BCUT2D eigenvalue weighted by molar-refractivity contribution is 6.33. The summed E-state index contributed by atoms with van der Waals surface area (Å²) in [5.74, 6) is -0.935. The molecular weight excluding hydrogens is 291 g/mol. The Morgan fingerprint density at radius 3 is 2.57 bits per heavy atom. The molecule has 0 saturated heterocycles. The normalized spacial score (nSPS) is 12.0. The van der Waals surface area contributed by atoms with E-state index < -0.39 is 17.8 Å². The van der Waals surface area contributed by atoms with Gasteiger partial charge in [-0.2, -0.15) is 0 Å². The van der Waals surface area contributed by atoms with E-state index in [1.54, 1.807) is 43.3 Å². The van der Waals surface area contributed by atoms with Crippen LogP contribution >= 0.6 is 11.6 Å². The fourth-order valence-electron chi connectivity index (χ4n) is 1.93. The number of rotatable bonds is 4. The average molecular weight is 307 g/mol. The van der Waals surface area contributed by atoms with Crippen LogP contribution in [0, 0.1) is 5.82 Å². The van der Waals surface area contributed by atoms with Crippen molar-refractivity contribution < 1.29 is 9.18 Å². The Morgan fingerprint density at radius 2 is 1.90 bits per heavy atom. The summed E-state index contributed by atoms with van der Waals surface area (Å²) >= 11 is 6.09. The zero-order valence-corrected chi connectivity index (χ0v) is 12.3. The van der Waals surface area contributed by atoms with Crippen LogP contribution in [0.3, 0.4) is 0 Å². The van der Waals surface area contributed by atoms with Gasteiger partial charge in [-0.05, 0) is 18.6 Å². The van der Waals surface area contributed by atoms with E-state index in [1.807, 2.05) is 0 Å². The van der Waals surface area contributed by atoms with Gasteiger partial charge in [0.2, 0.25) is 5.91 Å². The van der Waals surface area contributed by atoms with Gasteiger partial charge in [-0.1, -0.05) is 48.9 Å². The van der Waals surface area contributed by atoms with Crippen molar-refractivity contribution in [1.82, 2.24) is 0 Å². The molecular formula is C16H16ClFN2O. The molecule has 110 valence electrons. The van der Waals surface area contributed by atoms with Gasteiger partial charge in [-0.25, -0.2) is 4.39 Å². The van der Waals surface area contributed by atoms with Crippen molar-refractivity contribution in [2.24, 2.45) is 5.73 Å². The summed E-state index contributed by atoms with van der Waals surface area (Å²) in [5.41, 5.74) is 6.64. The largest absolute Gasteiger partial charge is 0.322 e. The van der Waals surface area contributed by atoms with Gasteiger partial charge in [-0.3, -0.25) is 4.79 Å². The third-order valence-corrected chi connectivity index (χ3v) is 3.53. The highest BCUT2D eigenvalue weighted by atomic mass is 35.5. The molecule has 0 aliphatic heterocycles. The first-order chi connectivity index (χ1) is 10.0. The average Bonchev–Trinajstić information content (AvgIpc) is 2.49. The molecule has 0 aromatic heterocycles. The molecule has 0 spiro atoms. The summed E-state index contributed by atoms with van der Waals surface area (Å²) < 4.78 is 14.6. The fraction of sp³-hybridized carbons (Fsp3) is 0.188. The molecule has 1 atom stereocenters. The van der Waals surface area contributed by atoms with Crippen LogP contribution in [0.25, 0.3) is 11.1 Å². The summed E-state index contributed by atoms with van der Waals surface area (Å²) in [6.07, 6.45) is 0.484. The molecule has 2 aromatic carbocycles. The second-order valence-corrected chi connectivity index (χ2v) is 5.06. The maximum absolute atomic E-state index is 14.6. The van der Waals surface area contributed by atoms with Gasteiger partial charge in [0.05, 0.1) is 11.7 Å². The first-order valence-corrected chi connectivity index (χ1v) is 7.02. The van der Waals surface area contributed by atoms with Gasteiger partial charge in [0, 0.05) is 16.1 Å². The molecule has 0 aliphatic rings. The third kappa shape index (κ3) is 3.40. The lowest BCUT2D eigenvalue weighted by Crippen LogP contribution is -2.35. The Kier molecular flexibility index (Phi) is 4.94. The number of benzene rings is 2. The maximum atomic E-state index is 14.6. The number of carbonyl (C=O) groups excluding carboxylic acids is 1. The van der Waals surface area contributed by atoms with Crippen LogP contribution in [0.4, 0.5) is 10.1 Å². The molecule has 0 radical (unpaired) electrons. The van der Waals surface area contributed by atoms with E-state index in [2.05, 4.69) is 5.32 Å². The zero-order valence-electron chi connectivity index (χ0n) is 11.6. The van der Waals surface area contributed by atoms with Gasteiger partial charge in [0.15, 0.2) is 5.82 Å². The molecule has 0 heterocycles. The first-order valence-electron chi connectivity index (χ1n) is 6.64. The van der Waals surface area contributed by atoms with Crippen LogP contribution in [-0.2, 0) is 4.79 Å². The second-order valence-electron chi connectivity index (χ2n) is 4.65. The van der Waals surface area contributed by atoms with Crippen molar-refractivity contribution in [3.05, 3.63) is 53.3 Å². The standard InChI is InChI=1S/C16H16ClFN2O/c1-2-13(19)16(21)20-14-9-5-7-11(15(14)18)10-6-3-4-8-12(10)17/h3-9,13H,2,19H2,1H3,(H,20,21). The van der Waals surface area contributed by atoms with Crippen molar-refractivity contribution in [3.63, 3.8) is 0 Å². The highest BCUT2D eigenvalue weighted by Gasteiger charge is 2.16. The number of hydrogen-bond donors (Lipinski definition) is 2. The lowest BCUT2D eigenvalue weighted by molar-refractivity contribution is -0.117. The quantitative estimate of drug-likeness (QED) is 0.902. The number of carbonyl (C=O) groups is 1. The minimum Gasteiger partial charge on any atom is -0.322 e. The number of halogens is 2. The molecule has 0 fully saturated rings. The number of nitrogens with one attached hydrogen (secondary N) is 1. The van der Waals surface area contributed by atoms with Gasteiger partial charge in [0.1, 0.15) is 0 Å². The van der Waals surface area contributed by atoms with E-state index in [9.17, 15) is 9.18 Å². The van der Waals surface area contributed by atoms with Crippen molar-refractivity contribution >= 4 is 23.2 Å². The molecule has 1 amide bonds. The third-order valence-electron chi connectivity index (χ3n) is 3.20. The van der Waals surface area contributed by atoms with Crippen LogP contribution in [0.5, 0.6) is 0 Å². The van der Waals surface area contributed by atoms with Crippen LogP contribution in [0.15, 0.2) is 42.5 Å². The summed E-state index contributed by atoms with van der Waals surface area (Å²) in [4.78, 5) is 11.8. The first kappa shape index (κ1) is 15.5.